The van der Waals surface area contributed by atoms with Crippen LogP contribution in [0.1, 0.15) is 15.9 Å². The summed E-state index contributed by atoms with van der Waals surface area (Å²) in [6.07, 6.45) is 3.00. The number of nitrogens with two attached hydrogens (primary N) is 3. The first-order chi connectivity index (χ1) is 11.8. The van der Waals surface area contributed by atoms with Gasteiger partial charge in [-0.3, -0.25) is 4.79 Å². The molecule has 6 heteroatoms. The number of Topliss-reactive ketones (excluding diaryl/α,β-unsaturated/α-hetero) is 1. The number of carbonyl (C=O) groups excluding carboxylic acids is 1. The molecule has 128 valence electrons. The smallest absolute Gasteiger partial charge is 0.219 e. The number of benzene rings is 2. The molecule has 0 amide bonds. The minimum atomic E-state index is -2.50. The van der Waals surface area contributed by atoms with Crippen LogP contribution in [0.3, 0.4) is 0 Å². The first kappa shape index (κ1) is 16.8. The highest BCUT2D eigenvalue weighted by molar-refractivity contribution is 6.06. The molecule has 1 aliphatic carbocycles. The van der Waals surface area contributed by atoms with Crippen LogP contribution in [0.15, 0.2) is 66.4 Å². The SMILES string of the molecule is NC1=CC=C(c2ccc(N)cc2)C(C(=O)c2ccc(N)cc2)C1(O)O. The molecule has 3 rings (SSSR count). The molecule has 0 spiro atoms. The number of carbonyl (C=O) groups is 1. The van der Waals surface area contributed by atoms with Crippen molar-refractivity contribution in [3.8, 4) is 0 Å². The monoisotopic (exact) mass is 337 g/mol. The van der Waals surface area contributed by atoms with Gasteiger partial charge in [0.05, 0.1) is 5.70 Å². The van der Waals surface area contributed by atoms with Gasteiger partial charge in [0.25, 0.3) is 0 Å². The van der Waals surface area contributed by atoms with E-state index in [0.29, 0.717) is 28.1 Å². The summed E-state index contributed by atoms with van der Waals surface area (Å²) in [6, 6.07) is 13.0. The van der Waals surface area contributed by atoms with Crippen LogP contribution in [0.25, 0.3) is 5.57 Å². The van der Waals surface area contributed by atoms with E-state index in [1.807, 2.05) is 0 Å². The number of aliphatic hydroxyl groups is 2. The molecule has 6 nitrogen and oxygen atoms in total. The Kier molecular flexibility index (Phi) is 4.08. The molecule has 2 aromatic carbocycles. The van der Waals surface area contributed by atoms with Crippen LogP contribution in [-0.2, 0) is 0 Å². The fraction of sp³-hybridized carbons (Fsp3) is 0.105. The van der Waals surface area contributed by atoms with Crippen molar-refractivity contribution in [2.24, 2.45) is 11.7 Å². The highest BCUT2D eigenvalue weighted by Gasteiger charge is 2.46. The van der Waals surface area contributed by atoms with Crippen molar-refractivity contribution >= 4 is 22.7 Å². The summed E-state index contributed by atoms with van der Waals surface area (Å²) < 4.78 is 0. The molecule has 0 bridgehead atoms. The largest absolute Gasteiger partial charge is 0.399 e. The number of hydrogen-bond donors (Lipinski definition) is 5. The van der Waals surface area contributed by atoms with E-state index in [-0.39, 0.29) is 5.70 Å². The molecule has 0 saturated carbocycles. The zero-order valence-corrected chi connectivity index (χ0v) is 13.4. The van der Waals surface area contributed by atoms with Crippen LogP contribution < -0.4 is 17.2 Å². The van der Waals surface area contributed by atoms with Gasteiger partial charge in [-0.25, -0.2) is 0 Å². The van der Waals surface area contributed by atoms with Gasteiger partial charge < -0.3 is 27.4 Å². The van der Waals surface area contributed by atoms with E-state index < -0.39 is 17.5 Å². The first-order valence-corrected chi connectivity index (χ1v) is 7.69. The summed E-state index contributed by atoms with van der Waals surface area (Å²) in [5.41, 5.74) is 19.4. The molecule has 1 unspecified atom stereocenters. The summed E-state index contributed by atoms with van der Waals surface area (Å²) in [6.45, 7) is 0. The van der Waals surface area contributed by atoms with Crippen molar-refractivity contribution in [3.05, 3.63) is 77.5 Å². The summed E-state index contributed by atoms with van der Waals surface area (Å²) in [7, 11) is 0. The molecule has 0 fully saturated rings. The predicted molar refractivity (Wildman–Crippen MR) is 96.9 cm³/mol. The normalized spacial score (nSPS) is 19.0. The van der Waals surface area contributed by atoms with Gasteiger partial charge in [0.2, 0.25) is 5.79 Å². The Morgan fingerprint density at radius 2 is 1.36 bits per heavy atom. The van der Waals surface area contributed by atoms with Crippen molar-refractivity contribution < 1.29 is 15.0 Å². The maximum absolute atomic E-state index is 13.0. The van der Waals surface area contributed by atoms with E-state index in [1.165, 1.54) is 6.08 Å². The molecule has 25 heavy (non-hydrogen) atoms. The van der Waals surface area contributed by atoms with Crippen molar-refractivity contribution in [3.63, 3.8) is 0 Å². The van der Waals surface area contributed by atoms with Crippen molar-refractivity contribution in [1.82, 2.24) is 0 Å². The highest BCUT2D eigenvalue weighted by atomic mass is 16.5. The van der Waals surface area contributed by atoms with Crippen LogP contribution in [0.5, 0.6) is 0 Å². The molecule has 1 atom stereocenters. The van der Waals surface area contributed by atoms with E-state index in [0.717, 1.165) is 0 Å². The highest BCUT2D eigenvalue weighted by Crippen LogP contribution is 2.39. The molecule has 8 N–H and O–H groups in total. The van der Waals surface area contributed by atoms with Gasteiger partial charge in [-0.1, -0.05) is 18.2 Å². The number of rotatable bonds is 3. The van der Waals surface area contributed by atoms with E-state index in [9.17, 15) is 15.0 Å². The van der Waals surface area contributed by atoms with Gasteiger partial charge in [-0.15, -0.1) is 0 Å². The van der Waals surface area contributed by atoms with Gasteiger partial charge in [0.1, 0.15) is 5.92 Å². The summed E-state index contributed by atoms with van der Waals surface area (Å²) in [5, 5.41) is 21.1. The van der Waals surface area contributed by atoms with E-state index >= 15 is 0 Å². The average molecular weight is 337 g/mol. The van der Waals surface area contributed by atoms with Crippen LogP contribution >= 0.6 is 0 Å². The van der Waals surface area contributed by atoms with Gasteiger partial charge in [0.15, 0.2) is 5.78 Å². The lowest BCUT2D eigenvalue weighted by Gasteiger charge is -2.35. The molecular weight excluding hydrogens is 318 g/mol. The number of hydrogen-bond acceptors (Lipinski definition) is 6. The van der Waals surface area contributed by atoms with Crippen molar-refractivity contribution in [1.29, 1.82) is 0 Å². The second-order valence-corrected chi connectivity index (χ2v) is 6.01. The molecule has 0 radical (unpaired) electrons. The van der Waals surface area contributed by atoms with E-state index in [2.05, 4.69) is 0 Å². The van der Waals surface area contributed by atoms with E-state index in [1.54, 1.807) is 54.6 Å². The van der Waals surface area contributed by atoms with Gasteiger partial charge in [-0.2, -0.15) is 0 Å². The Morgan fingerprint density at radius 1 is 0.840 bits per heavy atom. The minimum Gasteiger partial charge on any atom is -0.399 e. The summed E-state index contributed by atoms with van der Waals surface area (Å²) >= 11 is 0. The lowest BCUT2D eigenvalue weighted by atomic mass is 9.76. The Balaban J connectivity index is 2.10. The molecule has 0 heterocycles. The fourth-order valence-corrected chi connectivity index (χ4v) is 2.86. The zero-order valence-electron chi connectivity index (χ0n) is 13.4. The lowest BCUT2D eigenvalue weighted by Crippen LogP contribution is -2.48. The quantitative estimate of drug-likeness (QED) is 0.325. The zero-order chi connectivity index (χ0) is 18.2. The molecule has 2 aromatic rings. The molecule has 0 aliphatic heterocycles. The Labute approximate surface area is 144 Å². The third-order valence-corrected chi connectivity index (χ3v) is 4.28. The topological polar surface area (TPSA) is 136 Å². The number of allylic oxidation sites excluding steroid dienone is 2. The maximum Gasteiger partial charge on any atom is 0.219 e. The van der Waals surface area contributed by atoms with E-state index in [4.69, 9.17) is 17.2 Å². The van der Waals surface area contributed by atoms with Crippen LogP contribution in [-0.4, -0.2) is 21.8 Å². The van der Waals surface area contributed by atoms with Gasteiger partial charge in [0, 0.05) is 16.9 Å². The third-order valence-electron chi connectivity index (χ3n) is 4.28. The predicted octanol–water partition coefficient (Wildman–Crippen LogP) is 1.27. The number of ketones is 1. The molecule has 0 saturated heterocycles. The molecular formula is C19H19N3O3. The standard InChI is InChI=1S/C19H19N3O3/c20-13-5-1-11(2-6-13)15-9-10-16(22)19(24,25)17(15)18(23)12-3-7-14(21)8-4-12/h1-10,17,24-25H,20-22H2. The molecule has 1 aliphatic rings. The Hall–Kier alpha value is -3.09. The summed E-state index contributed by atoms with van der Waals surface area (Å²) in [4.78, 5) is 13.0. The maximum atomic E-state index is 13.0. The molecule has 0 aromatic heterocycles. The van der Waals surface area contributed by atoms with Crippen molar-refractivity contribution in [2.45, 2.75) is 5.79 Å². The lowest BCUT2D eigenvalue weighted by molar-refractivity contribution is -0.145. The first-order valence-electron chi connectivity index (χ1n) is 7.69. The second-order valence-electron chi connectivity index (χ2n) is 6.01. The fourth-order valence-electron chi connectivity index (χ4n) is 2.86. The second kappa shape index (κ2) is 6.08. The van der Waals surface area contributed by atoms with Crippen molar-refractivity contribution in [2.75, 3.05) is 11.5 Å². The average Bonchev–Trinajstić information content (AvgIpc) is 2.58. The third kappa shape index (κ3) is 3.00. The van der Waals surface area contributed by atoms with Crippen LogP contribution in [0, 0.1) is 5.92 Å². The van der Waals surface area contributed by atoms with Gasteiger partial charge >= 0.3 is 0 Å². The Morgan fingerprint density at radius 3 is 1.92 bits per heavy atom. The number of anilines is 2. The number of nitrogen functional groups attached to an aromatic ring is 2. The minimum absolute atomic E-state index is 0.194. The van der Waals surface area contributed by atoms with Crippen LogP contribution in [0.4, 0.5) is 11.4 Å². The van der Waals surface area contributed by atoms with Crippen LogP contribution in [0.2, 0.25) is 0 Å². The van der Waals surface area contributed by atoms with Gasteiger partial charge in [-0.05, 0) is 53.6 Å². The summed E-state index contributed by atoms with van der Waals surface area (Å²) in [5.74, 6) is -4.24. The Bertz CT molecular complexity index is 866.